The molecular formula is C12H19N3O4S. The maximum atomic E-state index is 11.9. The van der Waals surface area contributed by atoms with Crippen LogP contribution in [0.4, 0.5) is 9.93 Å². The third kappa shape index (κ3) is 5.04. The number of aromatic nitrogens is 1. The molecule has 1 aromatic rings. The lowest BCUT2D eigenvalue weighted by molar-refractivity contribution is -0.145. The first-order valence-electron chi connectivity index (χ1n) is 6.10. The monoisotopic (exact) mass is 301 g/mol. The predicted octanol–water partition coefficient (Wildman–Crippen LogP) is 1.85. The molecule has 0 aliphatic heterocycles. The molecule has 0 aliphatic rings. The molecular weight excluding hydrogens is 282 g/mol. The van der Waals surface area contributed by atoms with E-state index in [2.05, 4.69) is 10.3 Å². The summed E-state index contributed by atoms with van der Waals surface area (Å²) in [6.07, 6.45) is -0.720. The van der Waals surface area contributed by atoms with Crippen molar-refractivity contribution in [3.63, 3.8) is 0 Å². The number of hydrogen-bond donors (Lipinski definition) is 2. The van der Waals surface area contributed by atoms with E-state index in [1.54, 1.807) is 33.1 Å². The van der Waals surface area contributed by atoms with Crippen LogP contribution in [0.1, 0.15) is 39.4 Å². The summed E-state index contributed by atoms with van der Waals surface area (Å²) < 4.78 is 10.0. The van der Waals surface area contributed by atoms with Gasteiger partial charge in [-0.3, -0.25) is 0 Å². The fourth-order valence-electron chi connectivity index (χ4n) is 1.34. The average Bonchev–Trinajstić information content (AvgIpc) is 2.70. The topological polar surface area (TPSA) is 104 Å². The summed E-state index contributed by atoms with van der Waals surface area (Å²) in [7, 11) is 0. The van der Waals surface area contributed by atoms with Crippen LogP contribution in [-0.2, 0) is 14.3 Å². The summed E-state index contributed by atoms with van der Waals surface area (Å²) in [6, 6.07) is -1.03. The maximum absolute atomic E-state index is 11.9. The van der Waals surface area contributed by atoms with Gasteiger partial charge in [-0.25, -0.2) is 14.6 Å². The summed E-state index contributed by atoms with van der Waals surface area (Å²) in [4.78, 5) is 27.6. The number of nitrogens with one attached hydrogen (secondary N) is 1. The number of ether oxygens (including phenoxy) is 2. The smallest absolute Gasteiger partial charge is 0.408 e. The molecule has 0 saturated carbocycles. The molecule has 1 amide bonds. The molecule has 1 rings (SSSR count). The van der Waals surface area contributed by atoms with Crippen molar-refractivity contribution in [1.82, 2.24) is 10.3 Å². The highest BCUT2D eigenvalue weighted by Gasteiger charge is 2.28. The van der Waals surface area contributed by atoms with Crippen LogP contribution >= 0.6 is 11.3 Å². The van der Waals surface area contributed by atoms with E-state index < -0.39 is 23.7 Å². The second kappa shape index (κ2) is 6.56. The van der Waals surface area contributed by atoms with Crippen LogP contribution in [0.25, 0.3) is 0 Å². The molecule has 0 saturated heterocycles. The van der Waals surface area contributed by atoms with Gasteiger partial charge in [-0.15, -0.1) is 11.3 Å². The number of amides is 1. The molecule has 112 valence electrons. The molecule has 3 N–H and O–H groups in total. The number of hydrogen-bond acceptors (Lipinski definition) is 7. The van der Waals surface area contributed by atoms with Gasteiger partial charge in [0.05, 0.1) is 12.3 Å². The number of carbonyl (C=O) groups excluding carboxylic acids is 2. The van der Waals surface area contributed by atoms with E-state index in [-0.39, 0.29) is 6.61 Å². The summed E-state index contributed by atoms with van der Waals surface area (Å²) in [5.74, 6) is -0.608. The van der Waals surface area contributed by atoms with Crippen LogP contribution in [0, 0.1) is 0 Å². The first kappa shape index (κ1) is 16.2. The van der Waals surface area contributed by atoms with E-state index in [4.69, 9.17) is 15.2 Å². The highest BCUT2D eigenvalue weighted by Crippen LogP contribution is 2.20. The van der Waals surface area contributed by atoms with Gasteiger partial charge in [0.1, 0.15) is 5.60 Å². The van der Waals surface area contributed by atoms with Crippen LogP contribution in [-0.4, -0.2) is 29.3 Å². The van der Waals surface area contributed by atoms with Crippen molar-refractivity contribution < 1.29 is 19.1 Å². The molecule has 1 heterocycles. The Hall–Kier alpha value is -1.83. The number of nitrogens with two attached hydrogens (primary N) is 1. The van der Waals surface area contributed by atoms with Gasteiger partial charge in [0.2, 0.25) is 0 Å². The van der Waals surface area contributed by atoms with Crippen molar-refractivity contribution in [1.29, 1.82) is 0 Å². The predicted molar refractivity (Wildman–Crippen MR) is 75.3 cm³/mol. The van der Waals surface area contributed by atoms with Gasteiger partial charge in [0.15, 0.2) is 11.2 Å². The molecule has 0 bridgehead atoms. The quantitative estimate of drug-likeness (QED) is 0.823. The SMILES string of the molecule is CCOC(=O)C(NC(=O)OC(C)(C)C)c1csc(N)n1. The largest absolute Gasteiger partial charge is 0.464 e. The molecule has 1 aromatic heterocycles. The van der Waals surface area contributed by atoms with Crippen LogP contribution in [0.5, 0.6) is 0 Å². The van der Waals surface area contributed by atoms with Gasteiger partial charge in [0, 0.05) is 5.38 Å². The van der Waals surface area contributed by atoms with Crippen LogP contribution in [0.15, 0.2) is 5.38 Å². The zero-order valence-electron chi connectivity index (χ0n) is 11.9. The Balaban J connectivity index is 2.84. The second-order valence-electron chi connectivity index (χ2n) is 4.94. The molecule has 0 radical (unpaired) electrons. The van der Waals surface area contributed by atoms with E-state index in [1.165, 1.54) is 11.3 Å². The third-order valence-corrected chi connectivity index (χ3v) is 2.71. The van der Waals surface area contributed by atoms with Crippen LogP contribution < -0.4 is 11.1 Å². The molecule has 1 unspecified atom stereocenters. The van der Waals surface area contributed by atoms with Crippen LogP contribution in [0.2, 0.25) is 0 Å². The maximum Gasteiger partial charge on any atom is 0.408 e. The van der Waals surface area contributed by atoms with Crippen molar-refractivity contribution in [2.45, 2.75) is 39.3 Å². The normalized spacial score (nSPS) is 12.6. The second-order valence-corrected chi connectivity index (χ2v) is 5.83. The van der Waals surface area contributed by atoms with Crippen molar-refractivity contribution in [2.24, 2.45) is 0 Å². The number of nitrogens with zero attached hydrogens (tertiary/aromatic N) is 1. The zero-order valence-corrected chi connectivity index (χ0v) is 12.7. The fraction of sp³-hybridized carbons (Fsp3) is 0.583. The van der Waals surface area contributed by atoms with E-state index in [9.17, 15) is 9.59 Å². The number of thiazole rings is 1. The van der Waals surface area contributed by atoms with Gasteiger partial charge in [-0.05, 0) is 27.7 Å². The third-order valence-electron chi connectivity index (χ3n) is 2.02. The molecule has 20 heavy (non-hydrogen) atoms. The average molecular weight is 301 g/mol. The Kier molecular flexibility index (Phi) is 5.32. The lowest BCUT2D eigenvalue weighted by Gasteiger charge is -2.22. The number of carbonyl (C=O) groups is 2. The molecule has 0 aromatic carbocycles. The fourth-order valence-corrected chi connectivity index (χ4v) is 1.93. The zero-order chi connectivity index (χ0) is 15.3. The van der Waals surface area contributed by atoms with E-state index in [0.29, 0.717) is 10.8 Å². The Bertz CT molecular complexity index is 481. The van der Waals surface area contributed by atoms with Crippen molar-refractivity contribution in [3.05, 3.63) is 11.1 Å². The Morgan fingerprint density at radius 2 is 2.15 bits per heavy atom. The summed E-state index contributed by atoms with van der Waals surface area (Å²) in [5.41, 5.74) is 5.20. The van der Waals surface area contributed by atoms with Crippen molar-refractivity contribution >= 4 is 28.5 Å². The first-order chi connectivity index (χ1) is 9.23. The standard InChI is InChI=1S/C12H19N3O4S/c1-5-18-9(16)8(7-6-20-10(13)14-7)15-11(17)19-12(2,3)4/h6,8H,5H2,1-4H3,(H2,13,14)(H,15,17). The minimum Gasteiger partial charge on any atom is -0.464 e. The molecule has 1 atom stereocenters. The lowest BCUT2D eigenvalue weighted by Crippen LogP contribution is -2.39. The van der Waals surface area contributed by atoms with Gasteiger partial charge >= 0.3 is 12.1 Å². The summed E-state index contributed by atoms with van der Waals surface area (Å²) in [6.45, 7) is 7.06. The van der Waals surface area contributed by atoms with E-state index >= 15 is 0 Å². The van der Waals surface area contributed by atoms with Crippen LogP contribution in [0.3, 0.4) is 0 Å². The summed E-state index contributed by atoms with van der Waals surface area (Å²) >= 11 is 1.18. The highest BCUT2D eigenvalue weighted by atomic mass is 32.1. The minimum atomic E-state index is -1.03. The Labute approximate surface area is 121 Å². The van der Waals surface area contributed by atoms with Gasteiger partial charge in [-0.2, -0.15) is 0 Å². The van der Waals surface area contributed by atoms with Gasteiger partial charge in [-0.1, -0.05) is 0 Å². The molecule has 7 nitrogen and oxygen atoms in total. The highest BCUT2D eigenvalue weighted by molar-refractivity contribution is 7.13. The molecule has 0 spiro atoms. The number of alkyl carbamates (subject to hydrolysis) is 1. The van der Waals surface area contributed by atoms with E-state index in [0.717, 1.165) is 0 Å². The minimum absolute atomic E-state index is 0.199. The van der Waals surface area contributed by atoms with Crippen molar-refractivity contribution in [2.75, 3.05) is 12.3 Å². The van der Waals surface area contributed by atoms with Gasteiger partial charge < -0.3 is 20.5 Å². The van der Waals surface area contributed by atoms with Crippen molar-refractivity contribution in [3.8, 4) is 0 Å². The molecule has 0 aliphatic carbocycles. The number of rotatable bonds is 4. The number of anilines is 1. The van der Waals surface area contributed by atoms with E-state index in [1.807, 2.05) is 0 Å². The number of esters is 1. The first-order valence-corrected chi connectivity index (χ1v) is 6.98. The lowest BCUT2D eigenvalue weighted by atomic mass is 10.2. The number of nitrogen functional groups attached to an aromatic ring is 1. The van der Waals surface area contributed by atoms with Gasteiger partial charge in [0.25, 0.3) is 0 Å². The molecule has 0 fully saturated rings. The Morgan fingerprint density at radius 1 is 1.50 bits per heavy atom. The summed E-state index contributed by atoms with van der Waals surface area (Å²) in [5, 5.41) is 4.34. The Morgan fingerprint density at radius 3 is 2.60 bits per heavy atom. The molecule has 8 heteroatoms.